The zero-order chi connectivity index (χ0) is 8.43. The third-order valence-corrected chi connectivity index (χ3v) is 2.05. The molecule has 0 atom stereocenters. The smallest absolute Gasteiger partial charge is 0.132 e. The zero-order valence-corrected chi connectivity index (χ0v) is 7.01. The maximum absolute atomic E-state index is 10.4. The van der Waals surface area contributed by atoms with Crippen LogP contribution < -0.4 is 0 Å². The second kappa shape index (κ2) is 2.77. The molecule has 1 aliphatic heterocycles. The van der Waals surface area contributed by atoms with Gasteiger partial charge in [0, 0.05) is 18.9 Å². The van der Waals surface area contributed by atoms with E-state index in [-0.39, 0.29) is 0 Å². The molecule has 0 bridgehead atoms. The molecule has 1 heterocycles. The molecule has 0 aliphatic carbocycles. The van der Waals surface area contributed by atoms with Crippen molar-refractivity contribution in [3.8, 4) is 0 Å². The standard InChI is InChI=1S/C9H11NO/c1-7-8(2)10(3)5-4-9(7)6-11/h4-5H,1-3H3. The van der Waals surface area contributed by atoms with E-state index in [1.54, 1.807) is 6.08 Å². The van der Waals surface area contributed by atoms with Crippen LogP contribution in [-0.2, 0) is 4.79 Å². The SMILES string of the molecule is CC1=C(C)N(C)C=CC1=C=O. The van der Waals surface area contributed by atoms with Crippen LogP contribution in [0.2, 0.25) is 0 Å². The van der Waals surface area contributed by atoms with Gasteiger partial charge in [-0.15, -0.1) is 0 Å². The average Bonchev–Trinajstić information content (AvgIpc) is 2.01. The molecular formula is C9H11NO. The lowest BCUT2D eigenvalue weighted by molar-refractivity contribution is 0.552. The minimum absolute atomic E-state index is 0.653. The molecule has 0 saturated carbocycles. The van der Waals surface area contributed by atoms with Crippen molar-refractivity contribution in [3.05, 3.63) is 29.1 Å². The van der Waals surface area contributed by atoms with E-state index in [2.05, 4.69) is 0 Å². The Labute approximate surface area is 66.5 Å². The predicted octanol–water partition coefficient (Wildman–Crippen LogP) is 1.50. The highest BCUT2D eigenvalue weighted by atomic mass is 16.1. The second-order valence-corrected chi connectivity index (χ2v) is 2.65. The van der Waals surface area contributed by atoms with Crippen LogP contribution in [0.4, 0.5) is 0 Å². The third-order valence-electron chi connectivity index (χ3n) is 2.05. The van der Waals surface area contributed by atoms with Crippen molar-refractivity contribution in [1.82, 2.24) is 4.90 Å². The van der Waals surface area contributed by atoms with E-state index >= 15 is 0 Å². The molecule has 11 heavy (non-hydrogen) atoms. The van der Waals surface area contributed by atoms with E-state index < -0.39 is 0 Å². The Kier molecular flexibility index (Phi) is 1.97. The number of hydrogen-bond acceptors (Lipinski definition) is 2. The van der Waals surface area contributed by atoms with Gasteiger partial charge < -0.3 is 4.90 Å². The molecule has 1 rings (SSSR count). The molecule has 0 fully saturated rings. The first-order valence-electron chi connectivity index (χ1n) is 3.51. The van der Waals surface area contributed by atoms with E-state index in [1.165, 1.54) is 0 Å². The first kappa shape index (κ1) is 7.83. The highest BCUT2D eigenvalue weighted by molar-refractivity contribution is 5.66. The Morgan fingerprint density at radius 3 is 2.64 bits per heavy atom. The average molecular weight is 149 g/mol. The van der Waals surface area contributed by atoms with Crippen LogP contribution in [0.3, 0.4) is 0 Å². The van der Waals surface area contributed by atoms with Crippen molar-refractivity contribution in [1.29, 1.82) is 0 Å². The van der Waals surface area contributed by atoms with Crippen molar-refractivity contribution < 1.29 is 4.79 Å². The normalized spacial score (nSPS) is 17.4. The van der Waals surface area contributed by atoms with Gasteiger partial charge in [0.05, 0.1) is 5.57 Å². The van der Waals surface area contributed by atoms with Gasteiger partial charge in [0.1, 0.15) is 5.94 Å². The highest BCUT2D eigenvalue weighted by Gasteiger charge is 2.09. The Morgan fingerprint density at radius 1 is 1.45 bits per heavy atom. The topological polar surface area (TPSA) is 20.3 Å². The van der Waals surface area contributed by atoms with Crippen LogP contribution in [0.15, 0.2) is 29.1 Å². The van der Waals surface area contributed by atoms with Gasteiger partial charge in [0.15, 0.2) is 0 Å². The summed E-state index contributed by atoms with van der Waals surface area (Å²) in [6.45, 7) is 3.91. The summed E-state index contributed by atoms with van der Waals surface area (Å²) >= 11 is 0. The van der Waals surface area contributed by atoms with E-state index in [9.17, 15) is 4.79 Å². The Bertz CT molecular complexity index is 280. The molecule has 0 radical (unpaired) electrons. The summed E-state index contributed by atoms with van der Waals surface area (Å²) in [6, 6.07) is 0. The van der Waals surface area contributed by atoms with E-state index in [0.717, 1.165) is 11.3 Å². The van der Waals surface area contributed by atoms with Crippen LogP contribution in [-0.4, -0.2) is 17.9 Å². The van der Waals surface area contributed by atoms with Gasteiger partial charge in [-0.2, -0.15) is 0 Å². The van der Waals surface area contributed by atoms with Crippen LogP contribution in [0.1, 0.15) is 13.8 Å². The zero-order valence-electron chi connectivity index (χ0n) is 7.01. The molecule has 2 heteroatoms. The molecular weight excluding hydrogens is 138 g/mol. The summed E-state index contributed by atoms with van der Waals surface area (Å²) in [4.78, 5) is 12.3. The van der Waals surface area contributed by atoms with Gasteiger partial charge in [-0.05, 0) is 25.5 Å². The highest BCUT2D eigenvalue weighted by Crippen LogP contribution is 2.20. The van der Waals surface area contributed by atoms with Gasteiger partial charge in [-0.25, -0.2) is 4.79 Å². The molecule has 0 aromatic rings. The predicted molar refractivity (Wildman–Crippen MR) is 44.5 cm³/mol. The summed E-state index contributed by atoms with van der Waals surface area (Å²) < 4.78 is 0. The third kappa shape index (κ3) is 1.26. The summed E-state index contributed by atoms with van der Waals surface area (Å²) in [7, 11) is 1.96. The minimum Gasteiger partial charge on any atom is -0.354 e. The number of allylic oxidation sites excluding steroid dienone is 4. The maximum Gasteiger partial charge on any atom is 0.132 e. The van der Waals surface area contributed by atoms with Crippen LogP contribution >= 0.6 is 0 Å². The summed E-state index contributed by atoms with van der Waals surface area (Å²) in [5.74, 6) is 1.90. The fourth-order valence-corrected chi connectivity index (χ4v) is 0.993. The molecule has 2 nitrogen and oxygen atoms in total. The fourth-order valence-electron chi connectivity index (χ4n) is 0.993. The molecule has 0 amide bonds. The summed E-state index contributed by atoms with van der Waals surface area (Å²) in [5.41, 5.74) is 2.76. The first-order valence-corrected chi connectivity index (χ1v) is 3.51. The monoisotopic (exact) mass is 149 g/mol. The van der Waals surface area contributed by atoms with Gasteiger partial charge >= 0.3 is 0 Å². The molecule has 0 saturated heterocycles. The summed E-state index contributed by atoms with van der Waals surface area (Å²) in [5, 5.41) is 0. The Morgan fingerprint density at radius 2 is 2.09 bits per heavy atom. The van der Waals surface area contributed by atoms with Gasteiger partial charge in [0.25, 0.3) is 0 Å². The molecule has 0 unspecified atom stereocenters. The number of nitrogens with zero attached hydrogens (tertiary/aromatic N) is 1. The number of rotatable bonds is 0. The molecule has 58 valence electrons. The Hall–Kier alpha value is -1.27. The quantitative estimate of drug-likeness (QED) is 0.486. The molecule has 0 N–H and O–H groups in total. The van der Waals surface area contributed by atoms with Crippen LogP contribution in [0.25, 0.3) is 0 Å². The van der Waals surface area contributed by atoms with E-state index in [1.807, 2.05) is 37.9 Å². The lowest BCUT2D eigenvalue weighted by Crippen LogP contribution is -2.13. The second-order valence-electron chi connectivity index (χ2n) is 2.65. The van der Waals surface area contributed by atoms with Crippen molar-refractivity contribution in [2.45, 2.75) is 13.8 Å². The van der Waals surface area contributed by atoms with Gasteiger partial charge in [0.2, 0.25) is 0 Å². The lowest BCUT2D eigenvalue weighted by Gasteiger charge is -2.21. The maximum atomic E-state index is 10.4. The number of hydrogen-bond donors (Lipinski definition) is 0. The van der Waals surface area contributed by atoms with Crippen LogP contribution in [0, 0.1) is 0 Å². The van der Waals surface area contributed by atoms with Gasteiger partial charge in [-0.3, -0.25) is 0 Å². The largest absolute Gasteiger partial charge is 0.354 e. The van der Waals surface area contributed by atoms with Crippen molar-refractivity contribution >= 4 is 5.94 Å². The Balaban J connectivity index is 3.14. The number of carbonyl (C=O) groups excluding carboxylic acids is 1. The summed E-state index contributed by atoms with van der Waals surface area (Å²) in [6.07, 6.45) is 3.64. The molecule has 1 aliphatic rings. The fraction of sp³-hybridized carbons (Fsp3) is 0.333. The lowest BCUT2D eigenvalue weighted by atomic mass is 10.0. The van der Waals surface area contributed by atoms with Crippen molar-refractivity contribution in [2.24, 2.45) is 0 Å². The van der Waals surface area contributed by atoms with Gasteiger partial charge in [-0.1, -0.05) is 0 Å². The van der Waals surface area contributed by atoms with Crippen LogP contribution in [0.5, 0.6) is 0 Å². The minimum atomic E-state index is 0.653. The van der Waals surface area contributed by atoms with E-state index in [0.29, 0.717) is 5.57 Å². The molecule has 0 spiro atoms. The van der Waals surface area contributed by atoms with E-state index in [4.69, 9.17) is 0 Å². The first-order chi connectivity index (χ1) is 5.16. The van der Waals surface area contributed by atoms with Crippen molar-refractivity contribution in [2.75, 3.05) is 7.05 Å². The molecule has 0 aromatic carbocycles. The molecule has 0 aromatic heterocycles. The van der Waals surface area contributed by atoms with Crippen molar-refractivity contribution in [3.63, 3.8) is 0 Å².